The van der Waals surface area contributed by atoms with Crippen molar-refractivity contribution in [3.8, 4) is 33.8 Å². The molecule has 0 bridgehead atoms. The predicted molar refractivity (Wildman–Crippen MR) is 178 cm³/mol. The lowest BCUT2D eigenvalue weighted by Gasteiger charge is -2.16. The van der Waals surface area contributed by atoms with Crippen molar-refractivity contribution in [3.63, 3.8) is 0 Å². The SMILES string of the molecule is CC(CCCC(C)OC(=O)c1ccc(-c2ccc(OCC3CO3)cc2)cc1)OC(=O)c1ccc(-c2ccc(OCC3CO3)cc2)cc1. The zero-order valence-electron chi connectivity index (χ0n) is 26.8. The van der Waals surface area contributed by atoms with Gasteiger partial charge in [-0.2, -0.15) is 0 Å². The second-order valence-electron chi connectivity index (χ2n) is 12.1. The van der Waals surface area contributed by atoms with E-state index in [-0.39, 0.29) is 36.4 Å². The lowest BCUT2D eigenvalue weighted by atomic mass is 10.0. The molecule has 0 aromatic heterocycles. The molecule has 0 amide bonds. The first-order valence-corrected chi connectivity index (χ1v) is 16.2. The van der Waals surface area contributed by atoms with E-state index >= 15 is 0 Å². The molecule has 2 saturated heterocycles. The van der Waals surface area contributed by atoms with E-state index in [0.29, 0.717) is 37.2 Å². The average molecular weight is 637 g/mol. The van der Waals surface area contributed by atoms with Crippen molar-refractivity contribution in [2.75, 3.05) is 26.4 Å². The van der Waals surface area contributed by atoms with Crippen molar-refractivity contribution in [2.45, 2.75) is 57.5 Å². The molecule has 0 spiro atoms. The number of esters is 2. The summed E-state index contributed by atoms with van der Waals surface area (Å²) in [6, 6.07) is 30.5. The maximum atomic E-state index is 12.7. The molecule has 2 aliphatic heterocycles. The van der Waals surface area contributed by atoms with Gasteiger partial charge in [0.15, 0.2) is 0 Å². The summed E-state index contributed by atoms with van der Waals surface area (Å²) in [6.07, 6.45) is 2.00. The lowest BCUT2D eigenvalue weighted by molar-refractivity contribution is 0.0268. The van der Waals surface area contributed by atoms with Crippen LogP contribution in [0.15, 0.2) is 97.1 Å². The number of ether oxygens (including phenoxy) is 6. The van der Waals surface area contributed by atoms with E-state index in [1.165, 1.54) is 0 Å². The Morgan fingerprint density at radius 2 is 0.894 bits per heavy atom. The van der Waals surface area contributed by atoms with Crippen molar-refractivity contribution in [1.29, 1.82) is 0 Å². The lowest BCUT2D eigenvalue weighted by Crippen LogP contribution is -2.18. The Balaban J connectivity index is 0.890. The molecule has 6 rings (SSSR count). The highest BCUT2D eigenvalue weighted by Gasteiger charge is 2.24. The van der Waals surface area contributed by atoms with Gasteiger partial charge in [-0.3, -0.25) is 0 Å². The summed E-state index contributed by atoms with van der Waals surface area (Å²) in [6.45, 7) is 6.44. The molecular weight excluding hydrogens is 596 g/mol. The normalized spacial score (nSPS) is 17.7. The highest BCUT2D eigenvalue weighted by molar-refractivity contribution is 5.90. The van der Waals surface area contributed by atoms with Crippen molar-refractivity contribution in [2.24, 2.45) is 0 Å². The Bertz CT molecular complexity index is 1480. The number of hydrogen-bond donors (Lipinski definition) is 0. The average Bonchev–Trinajstić information content (AvgIpc) is 4.03. The molecule has 0 radical (unpaired) electrons. The largest absolute Gasteiger partial charge is 0.491 e. The Morgan fingerprint density at radius 1 is 0.574 bits per heavy atom. The highest BCUT2D eigenvalue weighted by Crippen LogP contribution is 2.26. The molecule has 2 aliphatic rings. The Morgan fingerprint density at radius 3 is 1.21 bits per heavy atom. The van der Waals surface area contributed by atoms with Crippen LogP contribution in [0.3, 0.4) is 0 Å². The van der Waals surface area contributed by atoms with Gasteiger partial charge in [0.05, 0.1) is 36.5 Å². The van der Waals surface area contributed by atoms with Gasteiger partial charge in [-0.15, -0.1) is 0 Å². The van der Waals surface area contributed by atoms with E-state index < -0.39 is 0 Å². The minimum atomic E-state index is -0.356. The zero-order chi connectivity index (χ0) is 32.6. The molecule has 4 aromatic carbocycles. The van der Waals surface area contributed by atoms with Crippen LogP contribution >= 0.6 is 0 Å². The van der Waals surface area contributed by atoms with E-state index in [0.717, 1.165) is 53.4 Å². The number of hydrogen-bond acceptors (Lipinski definition) is 8. The minimum Gasteiger partial charge on any atom is -0.491 e. The van der Waals surface area contributed by atoms with E-state index in [1.807, 2.05) is 86.6 Å². The summed E-state index contributed by atoms with van der Waals surface area (Å²) < 4.78 is 33.1. The molecule has 4 unspecified atom stereocenters. The Kier molecular flexibility index (Phi) is 10.5. The third-order valence-electron chi connectivity index (χ3n) is 8.13. The van der Waals surface area contributed by atoms with Crippen LogP contribution in [0.5, 0.6) is 11.5 Å². The van der Waals surface area contributed by atoms with E-state index in [9.17, 15) is 9.59 Å². The topological polar surface area (TPSA) is 96.1 Å². The van der Waals surface area contributed by atoms with E-state index in [2.05, 4.69) is 0 Å². The first kappa shape index (κ1) is 32.3. The summed E-state index contributed by atoms with van der Waals surface area (Å²) in [7, 11) is 0. The molecule has 0 aliphatic carbocycles. The second-order valence-corrected chi connectivity index (χ2v) is 12.1. The molecule has 8 heteroatoms. The van der Waals surface area contributed by atoms with Gasteiger partial charge in [0.25, 0.3) is 0 Å². The molecule has 4 aromatic rings. The number of benzene rings is 4. The van der Waals surface area contributed by atoms with Gasteiger partial charge in [-0.05, 0) is 104 Å². The van der Waals surface area contributed by atoms with Crippen molar-refractivity contribution < 1.29 is 38.0 Å². The highest BCUT2D eigenvalue weighted by atomic mass is 16.6. The van der Waals surface area contributed by atoms with Crippen molar-refractivity contribution in [3.05, 3.63) is 108 Å². The summed E-state index contributed by atoms with van der Waals surface area (Å²) >= 11 is 0. The van der Waals surface area contributed by atoms with Crippen molar-refractivity contribution in [1.82, 2.24) is 0 Å². The smallest absolute Gasteiger partial charge is 0.338 e. The summed E-state index contributed by atoms with van der Waals surface area (Å²) in [5.74, 6) is 0.902. The quantitative estimate of drug-likeness (QED) is 0.0920. The zero-order valence-corrected chi connectivity index (χ0v) is 26.8. The van der Waals surface area contributed by atoms with Crippen LogP contribution in [-0.2, 0) is 18.9 Å². The molecule has 244 valence electrons. The van der Waals surface area contributed by atoms with Gasteiger partial charge in [-0.25, -0.2) is 9.59 Å². The van der Waals surface area contributed by atoms with E-state index in [4.69, 9.17) is 28.4 Å². The molecule has 2 fully saturated rings. The van der Waals surface area contributed by atoms with Gasteiger partial charge in [-0.1, -0.05) is 48.5 Å². The van der Waals surface area contributed by atoms with Crippen molar-refractivity contribution >= 4 is 11.9 Å². The van der Waals surface area contributed by atoms with Gasteiger partial charge >= 0.3 is 11.9 Å². The fourth-order valence-corrected chi connectivity index (χ4v) is 5.10. The van der Waals surface area contributed by atoms with E-state index in [1.54, 1.807) is 24.3 Å². The van der Waals surface area contributed by atoms with Gasteiger partial charge in [0.1, 0.15) is 36.9 Å². The fraction of sp³-hybridized carbons (Fsp3) is 0.333. The van der Waals surface area contributed by atoms with Crippen LogP contribution in [0.25, 0.3) is 22.3 Å². The van der Waals surface area contributed by atoms with Gasteiger partial charge in [0.2, 0.25) is 0 Å². The first-order chi connectivity index (χ1) is 22.9. The standard InChI is InChI=1S/C39H40O8/c1-26(46-38(40)32-10-6-28(7-11-32)30-14-18-34(19-15-30)42-22-36-24-44-36)4-3-5-27(2)47-39(41)33-12-8-29(9-13-33)31-16-20-35(21-17-31)43-23-37-25-45-37/h6-21,26-27,36-37H,3-5,22-25H2,1-2H3. The predicted octanol–water partition coefficient (Wildman–Crippen LogP) is 7.54. The monoisotopic (exact) mass is 636 g/mol. The molecule has 0 saturated carbocycles. The Hall–Kier alpha value is -4.66. The van der Waals surface area contributed by atoms with Crippen LogP contribution in [0, 0.1) is 0 Å². The summed E-state index contributed by atoms with van der Waals surface area (Å²) in [4.78, 5) is 25.5. The van der Waals surface area contributed by atoms with Crippen LogP contribution in [0.4, 0.5) is 0 Å². The second kappa shape index (κ2) is 15.3. The fourth-order valence-electron chi connectivity index (χ4n) is 5.10. The van der Waals surface area contributed by atoms with Crippen LogP contribution in [0.1, 0.15) is 53.8 Å². The molecule has 47 heavy (non-hydrogen) atoms. The molecule has 8 nitrogen and oxygen atoms in total. The third-order valence-corrected chi connectivity index (χ3v) is 8.13. The third kappa shape index (κ3) is 9.67. The summed E-state index contributed by atoms with van der Waals surface area (Å²) in [5, 5.41) is 0. The number of carbonyl (C=O) groups is 2. The maximum Gasteiger partial charge on any atom is 0.338 e. The number of epoxide rings is 2. The maximum absolute atomic E-state index is 12.7. The van der Waals surface area contributed by atoms with Crippen LogP contribution in [-0.4, -0.2) is 62.8 Å². The molecule has 0 N–H and O–H groups in total. The molecule has 2 heterocycles. The number of carbonyl (C=O) groups excluding carboxylic acids is 2. The number of rotatable bonds is 16. The first-order valence-electron chi connectivity index (χ1n) is 16.2. The minimum absolute atomic E-state index is 0.220. The van der Waals surface area contributed by atoms with Crippen LogP contribution in [0.2, 0.25) is 0 Å². The van der Waals surface area contributed by atoms with Gasteiger partial charge < -0.3 is 28.4 Å². The summed E-state index contributed by atoms with van der Waals surface area (Å²) in [5.41, 5.74) is 5.08. The molecule has 4 atom stereocenters. The van der Waals surface area contributed by atoms with Gasteiger partial charge in [0, 0.05) is 0 Å². The molecular formula is C39H40O8. The Labute approximate surface area is 275 Å². The van der Waals surface area contributed by atoms with Crippen LogP contribution < -0.4 is 9.47 Å².